The van der Waals surface area contributed by atoms with Gasteiger partial charge in [-0.05, 0) is 0 Å². The molecule has 48 valence electrons. The summed E-state index contributed by atoms with van der Waals surface area (Å²) >= 11 is 0. The molecule has 0 aromatic carbocycles. The van der Waals surface area contributed by atoms with Gasteiger partial charge in [0.25, 0.3) is 5.56 Å². The molecule has 0 aliphatic carbocycles. The lowest BCUT2D eigenvalue weighted by atomic mass is 10.6. The highest BCUT2D eigenvalue weighted by molar-refractivity contribution is 5.01. The topological polar surface area (TPSA) is 85.9 Å². The Hall–Kier alpha value is -1.52. The van der Waals surface area contributed by atoms with Crippen molar-refractivity contribution in [1.82, 2.24) is 9.95 Å². The van der Waals surface area contributed by atoms with E-state index >= 15 is 0 Å². The zero-order valence-electron chi connectivity index (χ0n) is 6.24. The number of aromatic nitrogens is 2. The normalized spacial score (nSPS) is 12.4. The number of nitrogens with one attached hydrogen (secondary N) is 2. The van der Waals surface area contributed by atoms with E-state index in [1.54, 1.807) is 0 Å². The van der Waals surface area contributed by atoms with Crippen LogP contribution in [-0.2, 0) is 0 Å². The number of H-pyrrole nitrogens is 2. The molecule has 0 saturated carbocycles. The van der Waals surface area contributed by atoms with Crippen LogP contribution in [-0.4, -0.2) is 15.1 Å². The minimum absolute atomic E-state index is 0.0211. The Morgan fingerprint density at radius 3 is 2.89 bits per heavy atom. The van der Waals surface area contributed by atoms with Crippen LogP contribution in [0.25, 0.3) is 0 Å². The Bertz CT molecular complexity index is 393. The lowest BCUT2D eigenvalue weighted by Gasteiger charge is -1.84. The number of aromatic amines is 2. The Kier molecular flexibility index (Phi) is 0.688. The molecule has 0 spiro atoms. The summed E-state index contributed by atoms with van der Waals surface area (Å²) in [6.45, 7) is 0. The average molecular weight is 132 g/mol. The van der Waals surface area contributed by atoms with Gasteiger partial charge in [-0.15, -0.1) is 0 Å². The predicted octanol–water partition coefficient (Wildman–Crippen LogP) is -1.23. The Balaban J connectivity index is 3.74. The van der Waals surface area contributed by atoms with Crippen molar-refractivity contribution < 1.29 is 7.93 Å². The molecule has 0 saturated heterocycles. The van der Waals surface area contributed by atoms with Crippen LogP contribution in [0.3, 0.4) is 0 Å². The van der Waals surface area contributed by atoms with Gasteiger partial charge in [-0.25, -0.2) is 4.79 Å². The molecule has 1 rings (SSSR count). The fourth-order valence-corrected chi connectivity index (χ4v) is 0.392. The van der Waals surface area contributed by atoms with Crippen LogP contribution in [0.2, 0.25) is 2.82 Å². The van der Waals surface area contributed by atoms with E-state index in [1.165, 1.54) is 0 Å². The lowest BCUT2D eigenvalue weighted by Crippen LogP contribution is -2.19. The van der Waals surface area contributed by atoms with Gasteiger partial charge in [-0.1, -0.05) is 0 Å². The largest absolute Gasteiger partial charge is 0.494 e. The Labute approximate surface area is 51.9 Å². The SMILES string of the molecule is [3H]n1c(O)cc(=O)n([3H])c1=O. The molecule has 3 N–H and O–H groups in total. The molecule has 0 bridgehead atoms. The Morgan fingerprint density at radius 2 is 2.22 bits per heavy atom. The molecular formula is C4H4N2O3. The van der Waals surface area contributed by atoms with Gasteiger partial charge in [-0.3, -0.25) is 14.7 Å². The van der Waals surface area contributed by atoms with Crippen molar-refractivity contribution in [3.8, 4) is 5.88 Å². The molecule has 5 heteroatoms. The van der Waals surface area contributed by atoms with E-state index in [4.69, 9.17) is 7.93 Å². The van der Waals surface area contributed by atoms with E-state index in [9.17, 15) is 9.59 Å². The quantitative estimate of drug-likeness (QED) is 0.413. The van der Waals surface area contributed by atoms with Crippen molar-refractivity contribution in [2.45, 2.75) is 0 Å². The van der Waals surface area contributed by atoms with Gasteiger partial charge >= 0.3 is 5.69 Å². The van der Waals surface area contributed by atoms with E-state index in [-0.39, 0.29) is 9.95 Å². The number of rotatable bonds is 0. The second kappa shape index (κ2) is 1.77. The number of aromatic hydroxyl groups is 1. The van der Waals surface area contributed by atoms with Gasteiger partial charge in [0, 0.05) is 0 Å². The first-order valence-corrected chi connectivity index (χ1v) is 2.10. The number of hydrogen-bond donors (Lipinski definition) is 3. The fourth-order valence-electron chi connectivity index (χ4n) is 0.392. The third-order valence-electron chi connectivity index (χ3n) is 0.669. The maximum Gasteiger partial charge on any atom is 0.328 e. The lowest BCUT2D eigenvalue weighted by molar-refractivity contribution is 0.448. The monoisotopic (exact) mass is 132 g/mol. The first-order valence-electron chi connectivity index (χ1n) is 3.00. The maximum atomic E-state index is 10.6. The minimum atomic E-state index is -1.20. The first kappa shape index (κ1) is 3.49. The zero-order valence-corrected chi connectivity index (χ0v) is 4.24. The summed E-state index contributed by atoms with van der Waals surface area (Å²) in [5, 5.41) is 8.68. The van der Waals surface area contributed by atoms with Gasteiger partial charge < -0.3 is 5.11 Å². The van der Waals surface area contributed by atoms with Crippen LogP contribution in [0.1, 0.15) is 0 Å². The van der Waals surface area contributed by atoms with Crippen LogP contribution < -0.4 is 11.2 Å². The van der Waals surface area contributed by atoms with Crippen LogP contribution in [0, 0.1) is 0 Å². The van der Waals surface area contributed by atoms with Gasteiger partial charge in [0.15, 0.2) is 8.70 Å². The van der Waals surface area contributed by atoms with Crippen LogP contribution in [0.15, 0.2) is 15.7 Å². The minimum Gasteiger partial charge on any atom is -0.494 e. The fraction of sp³-hybridized carbons (Fsp3) is 0. The summed E-state index contributed by atoms with van der Waals surface area (Å²) in [6, 6.07) is 0.612. The van der Waals surface area contributed by atoms with Crippen molar-refractivity contribution in [2.75, 3.05) is 0 Å². The smallest absolute Gasteiger partial charge is 0.328 e. The molecule has 5 nitrogen and oxygen atoms in total. The molecule has 0 amide bonds. The molecule has 0 radical (unpaired) electrons. The second-order valence-electron chi connectivity index (χ2n) is 1.35. The summed E-state index contributed by atoms with van der Waals surface area (Å²) in [5.41, 5.74) is -2.16. The van der Waals surface area contributed by atoms with E-state index < -0.39 is 17.1 Å². The molecule has 1 aromatic rings. The summed E-state index contributed by atoms with van der Waals surface area (Å²) in [7, 11) is 0. The van der Waals surface area contributed by atoms with E-state index in [0.717, 1.165) is 0 Å². The van der Waals surface area contributed by atoms with Crippen molar-refractivity contribution in [1.29, 1.82) is 0 Å². The van der Waals surface area contributed by atoms with Crippen molar-refractivity contribution in [3.05, 3.63) is 26.9 Å². The van der Waals surface area contributed by atoms with E-state index in [0.29, 0.717) is 6.07 Å². The molecule has 0 fully saturated rings. The van der Waals surface area contributed by atoms with Crippen LogP contribution in [0.4, 0.5) is 0 Å². The van der Waals surface area contributed by atoms with Crippen LogP contribution >= 0.6 is 0 Å². The summed E-state index contributed by atoms with van der Waals surface area (Å²) in [6.07, 6.45) is 0. The van der Waals surface area contributed by atoms with Gasteiger partial charge in [0.05, 0.1) is 6.07 Å². The maximum absolute atomic E-state index is 10.6. The van der Waals surface area contributed by atoms with Gasteiger partial charge in [0.2, 0.25) is 0 Å². The number of hydrogen-bond acceptors (Lipinski definition) is 3. The highest BCUT2D eigenvalue weighted by atomic mass is 16.3. The van der Waals surface area contributed by atoms with E-state index in [1.807, 2.05) is 0 Å². The standard InChI is InChI=1S/C4H4N2O3/c7-2-1-3(8)6-4(9)5-2/h1H,(H3,5,6,7,8,9)/i/hT2. The zero-order chi connectivity index (χ0) is 8.59. The molecular weight excluding hydrogens is 124 g/mol. The third-order valence-corrected chi connectivity index (χ3v) is 0.669. The average Bonchev–Trinajstić information content (AvgIpc) is 1.97. The molecule has 1 aromatic heterocycles. The molecule has 0 atom stereocenters. The summed E-state index contributed by atoms with van der Waals surface area (Å²) in [4.78, 5) is 21.2. The highest BCUT2D eigenvalue weighted by Crippen LogP contribution is 1.87. The van der Waals surface area contributed by atoms with Crippen molar-refractivity contribution in [3.63, 3.8) is 0 Å². The third kappa shape index (κ3) is 1.18. The van der Waals surface area contributed by atoms with Crippen molar-refractivity contribution >= 4 is 0 Å². The molecule has 0 aliphatic heterocycles. The van der Waals surface area contributed by atoms with Crippen molar-refractivity contribution in [2.24, 2.45) is 0 Å². The molecule has 1 heterocycles. The summed E-state index contributed by atoms with van der Waals surface area (Å²) < 4.78 is 13.5. The molecule has 0 unspecified atom stereocenters. The predicted molar refractivity (Wildman–Crippen MR) is 29.3 cm³/mol. The van der Waals surface area contributed by atoms with E-state index in [2.05, 4.69) is 0 Å². The highest BCUT2D eigenvalue weighted by Gasteiger charge is 1.88. The molecule has 9 heavy (non-hydrogen) atoms. The second-order valence-corrected chi connectivity index (χ2v) is 1.35. The van der Waals surface area contributed by atoms with Gasteiger partial charge in [-0.2, -0.15) is 0 Å². The van der Waals surface area contributed by atoms with Gasteiger partial charge in [0.1, 0.15) is 0 Å². The van der Waals surface area contributed by atoms with Crippen LogP contribution in [0.5, 0.6) is 5.88 Å². The Morgan fingerprint density at radius 1 is 1.56 bits per heavy atom. The molecule has 0 aliphatic rings. The summed E-state index contributed by atoms with van der Waals surface area (Å²) in [5.74, 6) is -0.775. The first-order chi connectivity index (χ1) is 5.04.